The Kier molecular flexibility index (Phi) is 4.30. The topological polar surface area (TPSA) is 55.1 Å². The number of nitrogens with one attached hydrogen (secondary N) is 1. The van der Waals surface area contributed by atoms with Gasteiger partial charge in [0.15, 0.2) is 0 Å². The molecule has 5 heteroatoms. The second kappa shape index (κ2) is 5.95. The van der Waals surface area contributed by atoms with E-state index in [1.807, 2.05) is 0 Å². The van der Waals surface area contributed by atoms with Crippen molar-refractivity contribution in [3.8, 4) is 0 Å². The summed E-state index contributed by atoms with van der Waals surface area (Å²) in [7, 11) is 0. The third kappa shape index (κ3) is 3.63. The van der Waals surface area contributed by atoms with Crippen LogP contribution in [0, 0.1) is 0 Å². The van der Waals surface area contributed by atoms with Crippen LogP contribution in [0.25, 0.3) is 0 Å². The van der Waals surface area contributed by atoms with E-state index in [0.29, 0.717) is 10.0 Å². The van der Waals surface area contributed by atoms with Crippen LogP contribution < -0.4 is 11.1 Å². The molecule has 2 aromatic carbocycles. The molecular weight excluding hydrogens is 283 g/mol. The summed E-state index contributed by atoms with van der Waals surface area (Å²) in [4.78, 5) is 11.6. The van der Waals surface area contributed by atoms with E-state index in [9.17, 15) is 4.79 Å². The number of nitrogens with two attached hydrogens (primary N) is 1. The van der Waals surface area contributed by atoms with Gasteiger partial charge in [0.25, 0.3) is 0 Å². The fourth-order valence-corrected chi connectivity index (χ4v) is 2.04. The summed E-state index contributed by atoms with van der Waals surface area (Å²) in [6, 6.07) is 13.4. The van der Waals surface area contributed by atoms with Crippen molar-refractivity contribution in [2.24, 2.45) is 5.73 Å². The lowest BCUT2D eigenvalue weighted by atomic mass is 10.1. The van der Waals surface area contributed by atoms with Crippen LogP contribution in [-0.4, -0.2) is 5.91 Å². The number of amides is 1. The Balaban J connectivity index is 2.26. The van der Waals surface area contributed by atoms with Gasteiger partial charge in [0.05, 0.1) is 0 Å². The SMILES string of the molecule is NC(=O)C(Nc1ccc(Cl)cc1)c1cccc(Cl)c1. The van der Waals surface area contributed by atoms with E-state index in [1.54, 1.807) is 48.5 Å². The van der Waals surface area contributed by atoms with Gasteiger partial charge < -0.3 is 11.1 Å². The first kappa shape index (κ1) is 13.7. The summed E-state index contributed by atoms with van der Waals surface area (Å²) in [5.41, 5.74) is 6.90. The first-order chi connectivity index (χ1) is 9.06. The first-order valence-corrected chi connectivity index (χ1v) is 6.39. The van der Waals surface area contributed by atoms with Crippen LogP contribution >= 0.6 is 23.2 Å². The number of anilines is 1. The third-order valence-corrected chi connectivity index (χ3v) is 3.11. The predicted molar refractivity (Wildman–Crippen MR) is 78.5 cm³/mol. The van der Waals surface area contributed by atoms with Crippen LogP contribution in [0.1, 0.15) is 11.6 Å². The normalized spacial score (nSPS) is 11.9. The van der Waals surface area contributed by atoms with Crippen LogP contribution in [0.4, 0.5) is 5.69 Å². The van der Waals surface area contributed by atoms with Crippen molar-refractivity contribution in [2.75, 3.05) is 5.32 Å². The van der Waals surface area contributed by atoms with E-state index in [4.69, 9.17) is 28.9 Å². The summed E-state index contributed by atoms with van der Waals surface area (Å²) >= 11 is 11.7. The summed E-state index contributed by atoms with van der Waals surface area (Å²) < 4.78 is 0. The van der Waals surface area contributed by atoms with Crippen molar-refractivity contribution in [1.29, 1.82) is 0 Å². The highest BCUT2D eigenvalue weighted by atomic mass is 35.5. The molecule has 19 heavy (non-hydrogen) atoms. The minimum absolute atomic E-state index is 0.475. The van der Waals surface area contributed by atoms with Gasteiger partial charge in [0, 0.05) is 15.7 Å². The van der Waals surface area contributed by atoms with Gasteiger partial charge in [-0.05, 0) is 42.0 Å². The van der Waals surface area contributed by atoms with Crippen molar-refractivity contribution in [2.45, 2.75) is 6.04 Å². The fourth-order valence-electron chi connectivity index (χ4n) is 1.72. The molecule has 0 saturated heterocycles. The zero-order valence-electron chi connectivity index (χ0n) is 9.94. The molecule has 0 saturated carbocycles. The van der Waals surface area contributed by atoms with Crippen molar-refractivity contribution >= 4 is 34.8 Å². The van der Waals surface area contributed by atoms with Crippen LogP contribution in [0.2, 0.25) is 10.0 Å². The van der Waals surface area contributed by atoms with E-state index >= 15 is 0 Å². The molecule has 0 heterocycles. The van der Waals surface area contributed by atoms with Gasteiger partial charge >= 0.3 is 0 Å². The number of rotatable bonds is 4. The van der Waals surface area contributed by atoms with E-state index in [1.165, 1.54) is 0 Å². The Morgan fingerprint density at radius 3 is 2.32 bits per heavy atom. The number of carbonyl (C=O) groups is 1. The number of halogens is 2. The Morgan fingerprint density at radius 1 is 1.05 bits per heavy atom. The smallest absolute Gasteiger partial charge is 0.244 e. The summed E-state index contributed by atoms with van der Waals surface area (Å²) in [6.45, 7) is 0. The van der Waals surface area contributed by atoms with Crippen LogP contribution in [0.15, 0.2) is 48.5 Å². The number of hydrogen-bond acceptors (Lipinski definition) is 2. The zero-order valence-corrected chi connectivity index (χ0v) is 11.4. The van der Waals surface area contributed by atoms with Gasteiger partial charge in [-0.25, -0.2) is 0 Å². The highest BCUT2D eigenvalue weighted by Gasteiger charge is 2.17. The van der Waals surface area contributed by atoms with Crippen molar-refractivity contribution in [3.63, 3.8) is 0 Å². The van der Waals surface area contributed by atoms with E-state index in [-0.39, 0.29) is 0 Å². The lowest BCUT2D eigenvalue weighted by Gasteiger charge is -2.17. The molecule has 0 fully saturated rings. The van der Waals surface area contributed by atoms with E-state index < -0.39 is 11.9 Å². The molecule has 2 aromatic rings. The van der Waals surface area contributed by atoms with Crippen molar-refractivity contribution in [3.05, 3.63) is 64.1 Å². The highest BCUT2D eigenvalue weighted by molar-refractivity contribution is 6.31. The van der Waals surface area contributed by atoms with Gasteiger partial charge in [-0.2, -0.15) is 0 Å². The standard InChI is InChI=1S/C14H12Cl2N2O/c15-10-4-6-12(7-5-10)18-13(14(17)19)9-2-1-3-11(16)8-9/h1-8,13,18H,(H2,17,19). The molecule has 0 aliphatic rings. The van der Waals surface area contributed by atoms with Crippen LogP contribution in [-0.2, 0) is 4.79 Å². The average molecular weight is 295 g/mol. The molecule has 2 rings (SSSR count). The second-order valence-electron chi connectivity index (χ2n) is 4.04. The molecule has 1 atom stereocenters. The van der Waals surface area contributed by atoms with Gasteiger partial charge in [-0.1, -0.05) is 35.3 Å². The average Bonchev–Trinajstić information content (AvgIpc) is 2.37. The van der Waals surface area contributed by atoms with E-state index in [2.05, 4.69) is 5.32 Å². The fraction of sp³-hybridized carbons (Fsp3) is 0.0714. The summed E-state index contributed by atoms with van der Waals surface area (Å²) in [5, 5.41) is 4.24. The molecule has 0 bridgehead atoms. The maximum Gasteiger partial charge on any atom is 0.244 e. The lowest BCUT2D eigenvalue weighted by Crippen LogP contribution is -2.27. The monoisotopic (exact) mass is 294 g/mol. The third-order valence-electron chi connectivity index (χ3n) is 2.62. The molecule has 3 nitrogen and oxygen atoms in total. The minimum Gasteiger partial charge on any atom is -0.370 e. The molecule has 0 aromatic heterocycles. The predicted octanol–water partition coefficient (Wildman–Crippen LogP) is 3.63. The Bertz CT molecular complexity index is 584. The molecule has 3 N–H and O–H groups in total. The van der Waals surface area contributed by atoms with Crippen molar-refractivity contribution < 1.29 is 4.79 Å². The number of carbonyl (C=O) groups excluding carboxylic acids is 1. The molecule has 1 unspecified atom stereocenters. The molecule has 98 valence electrons. The maximum absolute atomic E-state index is 11.6. The largest absolute Gasteiger partial charge is 0.370 e. The van der Waals surface area contributed by atoms with Gasteiger partial charge in [0.2, 0.25) is 5.91 Å². The second-order valence-corrected chi connectivity index (χ2v) is 4.91. The maximum atomic E-state index is 11.6. The Hall–Kier alpha value is -1.71. The molecule has 0 aliphatic carbocycles. The highest BCUT2D eigenvalue weighted by Crippen LogP contribution is 2.23. The van der Waals surface area contributed by atoms with E-state index in [0.717, 1.165) is 11.3 Å². The molecular formula is C14H12Cl2N2O. The minimum atomic E-state index is -0.639. The van der Waals surface area contributed by atoms with Crippen LogP contribution in [0.5, 0.6) is 0 Å². The van der Waals surface area contributed by atoms with Gasteiger partial charge in [-0.15, -0.1) is 0 Å². The summed E-state index contributed by atoms with van der Waals surface area (Å²) in [6.07, 6.45) is 0. The molecule has 0 aliphatic heterocycles. The van der Waals surface area contributed by atoms with Gasteiger partial charge in [0.1, 0.15) is 6.04 Å². The molecule has 0 radical (unpaired) electrons. The summed E-state index contributed by atoms with van der Waals surface area (Å²) in [5.74, 6) is -0.475. The number of primary amides is 1. The number of hydrogen-bond donors (Lipinski definition) is 2. The van der Waals surface area contributed by atoms with Crippen LogP contribution in [0.3, 0.4) is 0 Å². The molecule has 0 spiro atoms. The Labute approximate surface area is 121 Å². The quantitative estimate of drug-likeness (QED) is 0.905. The lowest BCUT2D eigenvalue weighted by molar-refractivity contribution is -0.118. The van der Waals surface area contributed by atoms with Crippen molar-refractivity contribution in [1.82, 2.24) is 0 Å². The van der Waals surface area contributed by atoms with Gasteiger partial charge in [-0.3, -0.25) is 4.79 Å². The Morgan fingerprint density at radius 2 is 1.74 bits per heavy atom. The zero-order chi connectivity index (χ0) is 13.8. The first-order valence-electron chi connectivity index (χ1n) is 5.63. The number of benzene rings is 2. The molecule has 1 amide bonds.